The monoisotopic (exact) mass is 373 g/mol. The Morgan fingerprint density at radius 2 is 1.86 bits per heavy atom. The summed E-state index contributed by atoms with van der Waals surface area (Å²) in [7, 11) is 1.81. The summed E-state index contributed by atoms with van der Waals surface area (Å²) in [6, 6.07) is 16.9. The molecule has 140 valence electrons. The van der Waals surface area contributed by atoms with Gasteiger partial charge in [0.05, 0.1) is 23.8 Å². The van der Waals surface area contributed by atoms with Crippen LogP contribution in [0.1, 0.15) is 5.69 Å². The van der Waals surface area contributed by atoms with Crippen LogP contribution >= 0.6 is 0 Å². The Balaban J connectivity index is 1.56. The van der Waals surface area contributed by atoms with Gasteiger partial charge in [0.15, 0.2) is 0 Å². The first kappa shape index (κ1) is 17.5. The minimum absolute atomic E-state index is 0.351. The number of nitrogens with one attached hydrogen (secondary N) is 2. The van der Waals surface area contributed by atoms with E-state index in [2.05, 4.69) is 26.0 Å². The fourth-order valence-corrected chi connectivity index (χ4v) is 3.09. The highest BCUT2D eigenvalue weighted by Gasteiger charge is 2.17. The molecule has 0 saturated carbocycles. The van der Waals surface area contributed by atoms with Gasteiger partial charge in [-0.15, -0.1) is 5.10 Å². The third kappa shape index (κ3) is 3.48. The van der Waals surface area contributed by atoms with E-state index in [1.54, 1.807) is 28.8 Å². The molecule has 2 amide bonds. The standard InChI is InChI=1S/C20H19N7O/c1-14-18(15-7-4-3-5-8-15)19(26(2)24-14)23-20(28)22-16-9-6-10-17(13-16)27-12-11-21-25-27/h3-13H,1-2H3,(H2,22,23,28). The van der Waals surface area contributed by atoms with Crippen molar-refractivity contribution in [1.29, 1.82) is 0 Å². The molecule has 0 radical (unpaired) electrons. The smallest absolute Gasteiger partial charge is 0.308 e. The topological polar surface area (TPSA) is 89.7 Å². The molecule has 8 nitrogen and oxygen atoms in total. The van der Waals surface area contributed by atoms with Crippen molar-refractivity contribution in [2.24, 2.45) is 7.05 Å². The van der Waals surface area contributed by atoms with Crippen molar-refractivity contribution in [2.45, 2.75) is 6.92 Å². The summed E-state index contributed by atoms with van der Waals surface area (Å²) in [5.41, 5.74) is 4.19. The second-order valence-electron chi connectivity index (χ2n) is 6.28. The molecule has 2 heterocycles. The Bertz CT molecular complexity index is 1100. The Morgan fingerprint density at radius 1 is 1.04 bits per heavy atom. The van der Waals surface area contributed by atoms with Gasteiger partial charge in [-0.25, -0.2) is 9.48 Å². The van der Waals surface area contributed by atoms with Crippen LogP contribution in [0.15, 0.2) is 67.0 Å². The number of nitrogens with zero attached hydrogens (tertiary/aromatic N) is 5. The molecular weight excluding hydrogens is 354 g/mol. The second-order valence-corrected chi connectivity index (χ2v) is 6.28. The van der Waals surface area contributed by atoms with E-state index in [0.717, 1.165) is 22.5 Å². The number of amides is 2. The van der Waals surface area contributed by atoms with Crippen LogP contribution in [0.25, 0.3) is 16.8 Å². The molecule has 0 saturated heterocycles. The number of urea groups is 1. The summed E-state index contributed by atoms with van der Waals surface area (Å²) < 4.78 is 3.30. The van der Waals surface area contributed by atoms with Gasteiger partial charge >= 0.3 is 6.03 Å². The van der Waals surface area contributed by atoms with E-state index in [9.17, 15) is 4.79 Å². The Hall–Kier alpha value is -3.94. The van der Waals surface area contributed by atoms with Gasteiger partial charge < -0.3 is 5.32 Å². The maximum absolute atomic E-state index is 12.6. The van der Waals surface area contributed by atoms with Crippen molar-refractivity contribution in [1.82, 2.24) is 24.8 Å². The highest BCUT2D eigenvalue weighted by atomic mass is 16.2. The summed E-state index contributed by atoms with van der Waals surface area (Å²) in [6.07, 6.45) is 3.34. The van der Waals surface area contributed by atoms with Crippen molar-refractivity contribution in [3.8, 4) is 16.8 Å². The minimum atomic E-state index is -0.351. The second kappa shape index (κ2) is 7.36. The molecule has 8 heteroatoms. The normalized spacial score (nSPS) is 10.6. The van der Waals surface area contributed by atoms with Crippen molar-refractivity contribution >= 4 is 17.5 Å². The van der Waals surface area contributed by atoms with Crippen molar-refractivity contribution in [2.75, 3.05) is 10.6 Å². The molecular formula is C20H19N7O. The molecule has 2 aromatic heterocycles. The van der Waals surface area contributed by atoms with Crippen LogP contribution in [-0.4, -0.2) is 30.8 Å². The first-order chi connectivity index (χ1) is 13.6. The van der Waals surface area contributed by atoms with Crippen LogP contribution < -0.4 is 10.6 Å². The van der Waals surface area contributed by atoms with Gasteiger partial charge in [-0.2, -0.15) is 5.10 Å². The number of hydrogen-bond donors (Lipinski definition) is 2. The van der Waals surface area contributed by atoms with E-state index in [4.69, 9.17) is 0 Å². The Labute approximate surface area is 161 Å². The minimum Gasteiger partial charge on any atom is -0.308 e. The molecule has 0 fully saturated rings. The van der Waals surface area contributed by atoms with Gasteiger partial charge in [-0.05, 0) is 30.7 Å². The lowest BCUT2D eigenvalue weighted by Crippen LogP contribution is -2.21. The first-order valence-corrected chi connectivity index (χ1v) is 8.75. The van der Waals surface area contributed by atoms with Gasteiger partial charge in [0.2, 0.25) is 0 Å². The van der Waals surface area contributed by atoms with E-state index in [-0.39, 0.29) is 6.03 Å². The van der Waals surface area contributed by atoms with E-state index >= 15 is 0 Å². The Kier molecular flexibility index (Phi) is 4.59. The molecule has 2 aromatic carbocycles. The molecule has 0 aliphatic rings. The molecule has 0 spiro atoms. The van der Waals surface area contributed by atoms with Gasteiger partial charge in [0, 0.05) is 18.3 Å². The summed E-state index contributed by atoms with van der Waals surface area (Å²) in [4.78, 5) is 12.6. The lowest BCUT2D eigenvalue weighted by Gasteiger charge is -2.11. The van der Waals surface area contributed by atoms with E-state index in [1.165, 1.54) is 0 Å². The number of hydrogen-bond acceptors (Lipinski definition) is 4. The Morgan fingerprint density at radius 3 is 2.61 bits per heavy atom. The molecule has 0 bridgehead atoms. The molecule has 4 aromatic rings. The zero-order chi connectivity index (χ0) is 19.5. The van der Waals surface area contributed by atoms with Gasteiger partial charge in [0.1, 0.15) is 5.82 Å². The van der Waals surface area contributed by atoms with Gasteiger partial charge in [-0.1, -0.05) is 41.6 Å². The summed E-state index contributed by atoms with van der Waals surface area (Å²) in [5.74, 6) is 0.633. The fraction of sp³-hybridized carbons (Fsp3) is 0.100. The quantitative estimate of drug-likeness (QED) is 0.572. The number of carbonyl (C=O) groups is 1. The van der Waals surface area contributed by atoms with Gasteiger partial charge in [-0.3, -0.25) is 10.00 Å². The number of carbonyl (C=O) groups excluding carboxylic acids is 1. The lowest BCUT2D eigenvalue weighted by atomic mass is 10.1. The summed E-state index contributed by atoms with van der Waals surface area (Å²) in [5, 5.41) is 18.0. The predicted molar refractivity (Wildman–Crippen MR) is 107 cm³/mol. The number of anilines is 2. The molecule has 0 unspecified atom stereocenters. The highest BCUT2D eigenvalue weighted by Crippen LogP contribution is 2.30. The number of benzene rings is 2. The lowest BCUT2D eigenvalue weighted by molar-refractivity contribution is 0.262. The third-order valence-electron chi connectivity index (χ3n) is 4.31. The highest BCUT2D eigenvalue weighted by molar-refractivity contribution is 6.02. The summed E-state index contributed by atoms with van der Waals surface area (Å²) in [6.45, 7) is 1.92. The average molecular weight is 373 g/mol. The summed E-state index contributed by atoms with van der Waals surface area (Å²) >= 11 is 0. The van der Waals surface area contributed by atoms with Crippen molar-refractivity contribution < 1.29 is 4.79 Å². The van der Waals surface area contributed by atoms with Crippen molar-refractivity contribution in [3.05, 3.63) is 72.7 Å². The molecule has 4 rings (SSSR count). The van der Waals surface area contributed by atoms with E-state index < -0.39 is 0 Å². The zero-order valence-electron chi connectivity index (χ0n) is 15.5. The predicted octanol–water partition coefficient (Wildman–Crippen LogP) is 3.62. The van der Waals surface area contributed by atoms with Crippen LogP contribution in [0.4, 0.5) is 16.3 Å². The van der Waals surface area contributed by atoms with E-state index in [0.29, 0.717) is 11.5 Å². The van der Waals surface area contributed by atoms with Crippen LogP contribution in [0.2, 0.25) is 0 Å². The molecule has 28 heavy (non-hydrogen) atoms. The molecule has 0 aliphatic carbocycles. The molecule has 2 N–H and O–H groups in total. The van der Waals surface area contributed by atoms with Crippen LogP contribution in [0.5, 0.6) is 0 Å². The van der Waals surface area contributed by atoms with Crippen LogP contribution in [0.3, 0.4) is 0 Å². The SMILES string of the molecule is Cc1nn(C)c(NC(=O)Nc2cccc(-n3ccnn3)c2)c1-c1ccccc1. The number of aromatic nitrogens is 5. The maximum atomic E-state index is 12.6. The average Bonchev–Trinajstić information content (AvgIpc) is 3.31. The number of aryl methyl sites for hydroxylation is 2. The molecule has 0 aliphatic heterocycles. The first-order valence-electron chi connectivity index (χ1n) is 8.75. The van der Waals surface area contributed by atoms with Crippen LogP contribution in [0, 0.1) is 6.92 Å². The zero-order valence-corrected chi connectivity index (χ0v) is 15.5. The maximum Gasteiger partial charge on any atom is 0.324 e. The van der Waals surface area contributed by atoms with Crippen LogP contribution in [-0.2, 0) is 7.05 Å². The number of rotatable bonds is 4. The fourth-order valence-electron chi connectivity index (χ4n) is 3.09. The van der Waals surface area contributed by atoms with Gasteiger partial charge in [0.25, 0.3) is 0 Å². The molecule has 0 atom stereocenters. The van der Waals surface area contributed by atoms with Crippen molar-refractivity contribution in [3.63, 3.8) is 0 Å². The largest absolute Gasteiger partial charge is 0.324 e. The van der Waals surface area contributed by atoms with E-state index in [1.807, 2.05) is 61.5 Å². The third-order valence-corrected chi connectivity index (χ3v) is 4.31.